The average Bonchev–Trinajstić information content (AvgIpc) is 3.24. The minimum atomic E-state index is -0.621. The van der Waals surface area contributed by atoms with Gasteiger partial charge in [-0.1, -0.05) is 60.1 Å². The number of anilines is 1. The summed E-state index contributed by atoms with van der Waals surface area (Å²) in [4.78, 5) is 15.5. The molecule has 0 radical (unpaired) electrons. The Labute approximate surface area is 205 Å². The molecular weight excluding hydrogens is 462 g/mol. The van der Waals surface area contributed by atoms with Crippen LogP contribution in [0, 0.1) is 0 Å². The van der Waals surface area contributed by atoms with Gasteiger partial charge in [0.05, 0.1) is 6.04 Å². The molecule has 35 heavy (non-hydrogen) atoms. The summed E-state index contributed by atoms with van der Waals surface area (Å²) in [6.45, 7) is 0.360. The Bertz CT molecular complexity index is 1600. The molecule has 0 spiro atoms. The van der Waals surface area contributed by atoms with Crippen LogP contribution in [0.1, 0.15) is 33.2 Å². The van der Waals surface area contributed by atoms with Crippen LogP contribution >= 0.6 is 11.6 Å². The van der Waals surface area contributed by atoms with E-state index in [0.717, 1.165) is 39.1 Å². The van der Waals surface area contributed by atoms with Crippen LogP contribution in [0.4, 0.5) is 5.69 Å². The van der Waals surface area contributed by atoms with Gasteiger partial charge in [0.1, 0.15) is 12.4 Å². The Kier molecular flexibility index (Phi) is 5.12. The monoisotopic (exact) mass is 481 g/mol. The zero-order chi connectivity index (χ0) is 23.9. The fourth-order valence-electron chi connectivity index (χ4n) is 4.58. The molecule has 8 heteroatoms. The van der Waals surface area contributed by atoms with Crippen molar-refractivity contribution in [1.82, 2.24) is 15.2 Å². The third kappa shape index (κ3) is 3.66. The van der Waals surface area contributed by atoms with Crippen LogP contribution in [0.3, 0.4) is 0 Å². The number of rotatable bonds is 5. The first-order chi connectivity index (χ1) is 17.1. The zero-order valence-electron chi connectivity index (χ0n) is 18.5. The molecular formula is C27H20ClN5O2. The predicted octanol–water partition coefficient (Wildman–Crippen LogP) is 5.47. The number of amides is 1. The van der Waals surface area contributed by atoms with Crippen molar-refractivity contribution in [2.75, 3.05) is 5.32 Å². The summed E-state index contributed by atoms with van der Waals surface area (Å²) in [7, 11) is 0. The van der Waals surface area contributed by atoms with Crippen LogP contribution in [0.5, 0.6) is 5.75 Å². The normalized spacial score (nSPS) is 14.1. The molecule has 1 aliphatic heterocycles. The third-order valence-electron chi connectivity index (χ3n) is 6.21. The number of carbonyl (C=O) groups excluding carboxylic acids is 1. The number of primary amides is 1. The van der Waals surface area contributed by atoms with Gasteiger partial charge in [-0.2, -0.15) is 0 Å². The van der Waals surface area contributed by atoms with E-state index in [1.54, 1.807) is 0 Å². The van der Waals surface area contributed by atoms with Gasteiger partial charge in [0.2, 0.25) is 0 Å². The van der Waals surface area contributed by atoms with E-state index in [2.05, 4.69) is 20.5 Å². The molecule has 4 N–H and O–H groups in total. The number of para-hydroxylation sites is 1. The van der Waals surface area contributed by atoms with Gasteiger partial charge in [-0.25, -0.2) is 0 Å². The Morgan fingerprint density at radius 1 is 1.03 bits per heavy atom. The first kappa shape index (κ1) is 21.2. The molecule has 0 bridgehead atoms. The van der Waals surface area contributed by atoms with E-state index in [-0.39, 0.29) is 11.7 Å². The fourth-order valence-corrected chi connectivity index (χ4v) is 4.77. The van der Waals surface area contributed by atoms with E-state index in [1.165, 1.54) is 0 Å². The standard InChI is InChI=1S/C27H20ClN5O2/c28-20-10-3-1-6-16(20)14-35-17-8-5-7-15(12-17)24-19-13-30-27-23(19)22(25(26(29)34)32-33-27)18-9-2-4-11-21(18)31-24/h1-13,24,31H,14H2,(H2,29,34)(H,30,33). The number of nitrogens with one attached hydrogen (secondary N) is 2. The number of nitrogens with zero attached hydrogens (tertiary/aromatic N) is 2. The van der Waals surface area contributed by atoms with Gasteiger partial charge in [-0.15, -0.1) is 10.2 Å². The van der Waals surface area contributed by atoms with E-state index in [1.807, 2.05) is 79.0 Å². The number of aromatic nitrogens is 3. The molecule has 1 atom stereocenters. The first-order valence-electron chi connectivity index (χ1n) is 11.1. The van der Waals surface area contributed by atoms with Crippen LogP contribution in [-0.4, -0.2) is 21.1 Å². The second-order valence-electron chi connectivity index (χ2n) is 8.33. The number of ether oxygens (including phenoxy) is 1. The highest BCUT2D eigenvalue weighted by Gasteiger charge is 2.30. The molecule has 3 heterocycles. The van der Waals surface area contributed by atoms with Crippen LogP contribution < -0.4 is 15.8 Å². The smallest absolute Gasteiger partial charge is 0.269 e. The van der Waals surface area contributed by atoms with Gasteiger partial charge in [-0.3, -0.25) is 4.79 Å². The highest BCUT2D eigenvalue weighted by Crippen LogP contribution is 2.44. The summed E-state index contributed by atoms with van der Waals surface area (Å²) in [6, 6.07) is 23.1. The number of halogens is 1. The lowest BCUT2D eigenvalue weighted by molar-refractivity contribution is 0.0995. The fraction of sp³-hybridized carbons (Fsp3) is 0.0741. The van der Waals surface area contributed by atoms with Gasteiger partial charge in [0.15, 0.2) is 11.3 Å². The van der Waals surface area contributed by atoms with Crippen molar-refractivity contribution in [3.63, 3.8) is 0 Å². The molecule has 0 saturated heterocycles. The van der Waals surface area contributed by atoms with E-state index in [9.17, 15) is 4.79 Å². The third-order valence-corrected chi connectivity index (χ3v) is 6.58. The van der Waals surface area contributed by atoms with Crippen LogP contribution in [0.15, 0.2) is 79.0 Å². The van der Waals surface area contributed by atoms with Crippen molar-refractivity contribution in [2.45, 2.75) is 12.6 Å². The van der Waals surface area contributed by atoms with E-state index < -0.39 is 5.91 Å². The van der Waals surface area contributed by atoms with Gasteiger partial charge >= 0.3 is 0 Å². The van der Waals surface area contributed by atoms with Crippen LogP contribution in [0.2, 0.25) is 5.02 Å². The molecule has 2 aromatic heterocycles. The van der Waals surface area contributed by atoms with E-state index in [4.69, 9.17) is 22.1 Å². The number of nitrogens with two attached hydrogens (primary N) is 1. The summed E-state index contributed by atoms with van der Waals surface area (Å²) in [6.07, 6.45) is 1.90. The molecule has 3 aromatic carbocycles. The van der Waals surface area contributed by atoms with Gasteiger partial charge in [0, 0.05) is 44.5 Å². The Morgan fingerprint density at radius 2 is 1.86 bits per heavy atom. The Morgan fingerprint density at radius 3 is 2.71 bits per heavy atom. The minimum Gasteiger partial charge on any atom is -0.489 e. The molecule has 1 amide bonds. The lowest BCUT2D eigenvalue weighted by Crippen LogP contribution is -2.15. The maximum absolute atomic E-state index is 12.3. The highest BCUT2D eigenvalue weighted by molar-refractivity contribution is 6.31. The largest absolute Gasteiger partial charge is 0.489 e. The van der Waals surface area contributed by atoms with Gasteiger partial charge in [-0.05, 0) is 29.8 Å². The lowest BCUT2D eigenvalue weighted by Gasteiger charge is -2.20. The Balaban J connectivity index is 1.46. The Hall–Kier alpha value is -4.36. The van der Waals surface area contributed by atoms with Crippen molar-refractivity contribution in [1.29, 1.82) is 0 Å². The van der Waals surface area contributed by atoms with E-state index >= 15 is 0 Å². The van der Waals surface area contributed by atoms with Gasteiger partial charge in [0.25, 0.3) is 5.91 Å². The zero-order valence-corrected chi connectivity index (χ0v) is 19.2. The van der Waals surface area contributed by atoms with Crippen LogP contribution in [-0.2, 0) is 6.61 Å². The van der Waals surface area contributed by atoms with Crippen molar-refractivity contribution in [3.8, 4) is 16.9 Å². The molecule has 0 fully saturated rings. The number of hydrogen-bond donors (Lipinski definition) is 3. The first-order valence-corrected chi connectivity index (χ1v) is 11.5. The number of benzene rings is 3. The van der Waals surface area contributed by atoms with Crippen LogP contribution in [0.25, 0.3) is 22.2 Å². The number of hydrogen-bond acceptors (Lipinski definition) is 5. The summed E-state index contributed by atoms with van der Waals surface area (Å²) < 4.78 is 6.08. The maximum Gasteiger partial charge on any atom is 0.269 e. The second kappa shape index (κ2) is 8.45. The molecule has 172 valence electrons. The summed E-state index contributed by atoms with van der Waals surface area (Å²) in [5.41, 5.74) is 11.7. The number of fused-ring (bicyclic) bond motifs is 2. The quantitative estimate of drug-likeness (QED) is 0.308. The minimum absolute atomic E-state index is 0.144. The molecule has 1 unspecified atom stereocenters. The van der Waals surface area contributed by atoms with Crippen molar-refractivity contribution in [3.05, 3.63) is 106 Å². The van der Waals surface area contributed by atoms with E-state index in [0.29, 0.717) is 22.8 Å². The summed E-state index contributed by atoms with van der Waals surface area (Å²) in [5, 5.41) is 13.5. The molecule has 7 nitrogen and oxygen atoms in total. The molecule has 5 aromatic rings. The average molecular weight is 482 g/mol. The molecule has 1 aliphatic rings. The SMILES string of the molecule is NC(=O)c1nnc2[nH]cc3c2c1-c1ccccc1NC3c1cccc(OCc2ccccc2Cl)c1. The molecule has 6 rings (SSSR count). The number of carbonyl (C=O) groups is 1. The van der Waals surface area contributed by atoms with Crippen molar-refractivity contribution < 1.29 is 9.53 Å². The summed E-state index contributed by atoms with van der Waals surface area (Å²) >= 11 is 6.29. The highest BCUT2D eigenvalue weighted by atomic mass is 35.5. The lowest BCUT2D eigenvalue weighted by atomic mass is 9.95. The number of H-pyrrole nitrogens is 1. The predicted molar refractivity (Wildman–Crippen MR) is 136 cm³/mol. The summed E-state index contributed by atoms with van der Waals surface area (Å²) in [5.74, 6) is 0.101. The number of aromatic amines is 1. The second-order valence-corrected chi connectivity index (χ2v) is 8.74. The van der Waals surface area contributed by atoms with Crippen molar-refractivity contribution in [2.24, 2.45) is 5.73 Å². The topological polar surface area (TPSA) is 106 Å². The van der Waals surface area contributed by atoms with Gasteiger partial charge < -0.3 is 20.8 Å². The molecule has 0 aliphatic carbocycles. The maximum atomic E-state index is 12.3. The molecule has 0 saturated carbocycles. The van der Waals surface area contributed by atoms with Crippen molar-refractivity contribution >= 4 is 34.2 Å².